The number of amides is 3. The van der Waals surface area contributed by atoms with Crippen LogP contribution in [0.25, 0.3) is 17.2 Å². The van der Waals surface area contributed by atoms with Crippen LogP contribution in [0.5, 0.6) is 0 Å². The van der Waals surface area contributed by atoms with Crippen LogP contribution in [0.2, 0.25) is 5.02 Å². The molecule has 0 saturated carbocycles. The normalized spacial score (nSPS) is 11.8. The summed E-state index contributed by atoms with van der Waals surface area (Å²) in [5.74, 6) is -1.02. The lowest BCUT2D eigenvalue weighted by molar-refractivity contribution is -0.116. The number of nitrogens with one attached hydrogen (secondary N) is 3. The predicted octanol–water partition coefficient (Wildman–Crippen LogP) is 9.23. The van der Waals surface area contributed by atoms with Gasteiger partial charge >= 0.3 is 0 Å². The van der Waals surface area contributed by atoms with Gasteiger partial charge in [0, 0.05) is 26.9 Å². The zero-order valence-electron chi connectivity index (χ0n) is 26.0. The molecule has 0 aliphatic rings. The lowest BCUT2D eigenvalue weighted by Gasteiger charge is -2.17. The van der Waals surface area contributed by atoms with Gasteiger partial charge in [-0.25, -0.2) is 0 Å². The molecule has 0 aliphatic heterocycles. The number of halogens is 1. The quantitative estimate of drug-likeness (QED) is 0.0974. The Kier molecular flexibility index (Phi) is 11.3. The summed E-state index contributed by atoms with van der Waals surface area (Å²) >= 11 is 7.64. The minimum Gasteiger partial charge on any atom is -0.325 e. The van der Waals surface area contributed by atoms with Gasteiger partial charge in [0.25, 0.3) is 11.8 Å². The summed E-state index contributed by atoms with van der Waals surface area (Å²) < 4.78 is 0. The first-order chi connectivity index (χ1) is 22.8. The van der Waals surface area contributed by atoms with Crippen LogP contribution in [0.3, 0.4) is 0 Å². The highest BCUT2D eigenvalue weighted by atomic mass is 35.5. The highest BCUT2D eigenvalue weighted by Gasteiger charge is 2.20. The molecule has 1 atom stereocenters. The van der Waals surface area contributed by atoms with Crippen molar-refractivity contribution in [1.29, 1.82) is 0 Å². The van der Waals surface area contributed by atoms with Gasteiger partial charge < -0.3 is 16.0 Å². The summed E-state index contributed by atoms with van der Waals surface area (Å²) in [5.41, 5.74) is 5.40. The SMILES string of the molecule is CCC(Sc1cccc(NC(=O)/C(=C\c2ccc(-c3ccccc3)cc2)NC(=O)c2ccccc2)c1)C(=O)Nc1cccc(Cl)c1C. The smallest absolute Gasteiger partial charge is 0.272 e. The van der Waals surface area contributed by atoms with Gasteiger partial charge in [-0.05, 0) is 84.1 Å². The fraction of sp³-hybridized carbons (Fsp3) is 0.103. The van der Waals surface area contributed by atoms with Crippen molar-refractivity contribution in [2.45, 2.75) is 30.4 Å². The number of benzene rings is 5. The Morgan fingerprint density at radius 3 is 2.13 bits per heavy atom. The van der Waals surface area contributed by atoms with E-state index in [0.29, 0.717) is 28.4 Å². The van der Waals surface area contributed by atoms with E-state index in [1.165, 1.54) is 11.8 Å². The molecule has 5 rings (SSSR count). The second-order valence-electron chi connectivity index (χ2n) is 10.8. The van der Waals surface area contributed by atoms with Crippen LogP contribution >= 0.6 is 23.4 Å². The molecular weight excluding hydrogens is 626 g/mol. The molecule has 0 spiro atoms. The summed E-state index contributed by atoms with van der Waals surface area (Å²) in [4.78, 5) is 40.7. The van der Waals surface area contributed by atoms with E-state index in [2.05, 4.69) is 16.0 Å². The Balaban J connectivity index is 1.33. The molecule has 5 aromatic carbocycles. The number of hydrogen-bond acceptors (Lipinski definition) is 4. The van der Waals surface area contributed by atoms with Crippen molar-refractivity contribution in [2.24, 2.45) is 0 Å². The summed E-state index contributed by atoms with van der Waals surface area (Å²) in [6.45, 7) is 3.81. The van der Waals surface area contributed by atoms with Gasteiger partial charge in [-0.15, -0.1) is 11.8 Å². The van der Waals surface area contributed by atoms with Crippen LogP contribution in [0.15, 0.2) is 138 Å². The number of carbonyl (C=O) groups excluding carboxylic acids is 3. The maximum atomic E-state index is 13.7. The minimum absolute atomic E-state index is 0.0899. The number of anilines is 2. The first kappa shape index (κ1) is 33.3. The first-order valence-corrected chi connectivity index (χ1v) is 16.4. The number of rotatable bonds is 11. The number of hydrogen-bond donors (Lipinski definition) is 3. The second kappa shape index (κ2) is 15.9. The Labute approximate surface area is 284 Å². The lowest BCUT2D eigenvalue weighted by atomic mass is 10.0. The van der Waals surface area contributed by atoms with E-state index in [0.717, 1.165) is 27.1 Å². The Morgan fingerprint density at radius 2 is 1.43 bits per heavy atom. The molecule has 0 heterocycles. The summed E-state index contributed by atoms with van der Waals surface area (Å²) in [6.07, 6.45) is 2.24. The van der Waals surface area contributed by atoms with Gasteiger partial charge in [0.2, 0.25) is 5.91 Å². The maximum absolute atomic E-state index is 13.7. The van der Waals surface area contributed by atoms with Gasteiger partial charge in [-0.1, -0.05) is 103 Å². The van der Waals surface area contributed by atoms with Crippen LogP contribution in [0, 0.1) is 6.92 Å². The van der Waals surface area contributed by atoms with Crippen molar-refractivity contribution in [1.82, 2.24) is 5.32 Å². The van der Waals surface area contributed by atoms with E-state index in [1.807, 2.05) is 98.8 Å². The van der Waals surface area contributed by atoms with Crippen molar-refractivity contribution in [3.63, 3.8) is 0 Å². The third kappa shape index (κ3) is 9.00. The van der Waals surface area contributed by atoms with Crippen molar-refractivity contribution in [2.75, 3.05) is 10.6 Å². The second-order valence-corrected chi connectivity index (χ2v) is 12.4. The molecule has 0 bridgehead atoms. The average Bonchev–Trinajstić information content (AvgIpc) is 3.10. The van der Waals surface area contributed by atoms with Crippen molar-refractivity contribution in [3.8, 4) is 11.1 Å². The molecule has 236 valence electrons. The zero-order valence-corrected chi connectivity index (χ0v) is 27.6. The average molecular weight is 660 g/mol. The molecule has 47 heavy (non-hydrogen) atoms. The molecule has 0 aliphatic carbocycles. The summed E-state index contributed by atoms with van der Waals surface area (Å²) in [7, 11) is 0. The minimum atomic E-state index is -0.482. The van der Waals surface area contributed by atoms with Gasteiger partial charge in [0.15, 0.2) is 0 Å². The molecule has 6 nitrogen and oxygen atoms in total. The van der Waals surface area contributed by atoms with Gasteiger partial charge in [-0.3, -0.25) is 14.4 Å². The van der Waals surface area contributed by atoms with E-state index < -0.39 is 11.8 Å². The third-order valence-electron chi connectivity index (χ3n) is 7.42. The van der Waals surface area contributed by atoms with E-state index >= 15 is 0 Å². The van der Waals surface area contributed by atoms with Crippen molar-refractivity contribution < 1.29 is 14.4 Å². The molecule has 5 aromatic rings. The molecular formula is C39H34ClN3O3S. The van der Waals surface area contributed by atoms with Crippen LogP contribution in [-0.2, 0) is 9.59 Å². The van der Waals surface area contributed by atoms with Gasteiger partial charge in [-0.2, -0.15) is 0 Å². The summed E-state index contributed by atoms with van der Waals surface area (Å²) in [5, 5.41) is 8.91. The van der Waals surface area contributed by atoms with Gasteiger partial charge in [0.1, 0.15) is 5.70 Å². The Hall–Kier alpha value is -5.11. The lowest BCUT2D eigenvalue weighted by Crippen LogP contribution is -2.30. The van der Waals surface area contributed by atoms with E-state index in [1.54, 1.807) is 48.5 Å². The molecule has 0 aromatic heterocycles. The monoisotopic (exact) mass is 659 g/mol. The summed E-state index contributed by atoms with van der Waals surface area (Å²) in [6, 6.07) is 39.2. The van der Waals surface area contributed by atoms with E-state index in [4.69, 9.17) is 11.6 Å². The molecule has 0 saturated heterocycles. The molecule has 3 N–H and O–H groups in total. The Morgan fingerprint density at radius 1 is 0.766 bits per heavy atom. The topological polar surface area (TPSA) is 87.3 Å². The highest BCUT2D eigenvalue weighted by molar-refractivity contribution is 8.00. The highest BCUT2D eigenvalue weighted by Crippen LogP contribution is 2.30. The molecule has 1 unspecified atom stereocenters. The van der Waals surface area contributed by atoms with Crippen LogP contribution in [0.1, 0.15) is 34.8 Å². The van der Waals surface area contributed by atoms with E-state index in [-0.39, 0.29) is 16.9 Å². The fourth-order valence-electron chi connectivity index (χ4n) is 4.80. The molecule has 0 fully saturated rings. The standard InChI is InChI=1S/C39H34ClN3O3S/c1-3-36(39(46)42-34-19-11-18-33(40)26(34)2)47-32-17-10-16-31(25-32)41-38(45)35(43-37(44)30-14-8-5-9-15-30)24-27-20-22-29(23-21-27)28-12-6-4-7-13-28/h4-25,36H,3H2,1-2H3,(H,41,45)(H,42,46)(H,43,44)/b35-24+. The molecule has 8 heteroatoms. The third-order valence-corrected chi connectivity index (χ3v) is 9.18. The first-order valence-electron chi connectivity index (χ1n) is 15.2. The molecule has 3 amide bonds. The van der Waals surface area contributed by atoms with E-state index in [9.17, 15) is 14.4 Å². The predicted molar refractivity (Wildman–Crippen MR) is 194 cm³/mol. The van der Waals surface area contributed by atoms with Crippen LogP contribution in [-0.4, -0.2) is 23.0 Å². The van der Waals surface area contributed by atoms with Crippen LogP contribution in [0.4, 0.5) is 11.4 Å². The van der Waals surface area contributed by atoms with Crippen molar-refractivity contribution in [3.05, 3.63) is 155 Å². The Bertz CT molecular complexity index is 1890. The number of carbonyl (C=O) groups is 3. The van der Waals surface area contributed by atoms with Gasteiger partial charge in [0.05, 0.1) is 5.25 Å². The largest absolute Gasteiger partial charge is 0.325 e. The van der Waals surface area contributed by atoms with Crippen molar-refractivity contribution >= 4 is 58.5 Å². The molecule has 0 radical (unpaired) electrons. The zero-order chi connectivity index (χ0) is 33.2. The van der Waals surface area contributed by atoms with Crippen LogP contribution < -0.4 is 16.0 Å². The fourth-order valence-corrected chi connectivity index (χ4v) is 5.99. The maximum Gasteiger partial charge on any atom is 0.272 e. The number of thioether (sulfide) groups is 1.